The van der Waals surface area contributed by atoms with E-state index in [1.165, 1.54) is 24.1 Å². The summed E-state index contributed by atoms with van der Waals surface area (Å²) < 4.78 is 24.7. The standard InChI is InChI=1S/C28H28FNO5/c1-16-6-12-22(35-16)24-23(25(31)20-14-18(28(2,3)4)9-13-21(20)34-5)26(32)27(33)30(24)15-17-7-10-19(29)11-8-17/h6-14,24,31H,15H2,1-5H3/b25-23+. The van der Waals surface area contributed by atoms with Crippen molar-refractivity contribution in [2.75, 3.05) is 7.11 Å². The summed E-state index contributed by atoms with van der Waals surface area (Å²) in [6.07, 6.45) is 0. The number of aliphatic hydroxyl groups is 1. The van der Waals surface area contributed by atoms with Crippen molar-refractivity contribution in [1.29, 1.82) is 0 Å². The number of hydrogen-bond acceptors (Lipinski definition) is 5. The second kappa shape index (κ2) is 9.06. The fourth-order valence-corrected chi connectivity index (χ4v) is 4.23. The SMILES string of the molecule is COc1ccc(C(C)(C)C)cc1/C(O)=C1\C(=O)C(=O)N(Cc2ccc(F)cc2)C1c1ccc(C)o1. The average molecular weight is 478 g/mol. The third-order valence-corrected chi connectivity index (χ3v) is 6.16. The van der Waals surface area contributed by atoms with Gasteiger partial charge in [-0.3, -0.25) is 9.59 Å². The predicted octanol–water partition coefficient (Wildman–Crippen LogP) is 5.66. The van der Waals surface area contributed by atoms with Crippen LogP contribution in [0, 0.1) is 12.7 Å². The van der Waals surface area contributed by atoms with Crippen LogP contribution in [-0.4, -0.2) is 28.8 Å². The predicted molar refractivity (Wildman–Crippen MR) is 129 cm³/mol. The summed E-state index contributed by atoms with van der Waals surface area (Å²) in [5.74, 6) is -1.04. The van der Waals surface area contributed by atoms with Crippen molar-refractivity contribution in [2.45, 2.75) is 45.7 Å². The summed E-state index contributed by atoms with van der Waals surface area (Å²) in [7, 11) is 1.48. The maximum absolute atomic E-state index is 13.4. The summed E-state index contributed by atoms with van der Waals surface area (Å²) in [4.78, 5) is 27.8. The van der Waals surface area contributed by atoms with Crippen LogP contribution in [0.25, 0.3) is 5.76 Å². The van der Waals surface area contributed by atoms with Gasteiger partial charge in [0.05, 0.1) is 18.2 Å². The van der Waals surface area contributed by atoms with Gasteiger partial charge in [-0.15, -0.1) is 0 Å². The van der Waals surface area contributed by atoms with Crippen LogP contribution in [0.4, 0.5) is 4.39 Å². The molecule has 2 aromatic carbocycles. The Kier molecular flexibility index (Phi) is 6.28. The number of rotatable bonds is 5. The molecule has 1 N–H and O–H groups in total. The monoisotopic (exact) mass is 477 g/mol. The molecule has 0 radical (unpaired) electrons. The highest BCUT2D eigenvalue weighted by Crippen LogP contribution is 2.43. The van der Waals surface area contributed by atoms with Gasteiger partial charge in [0.25, 0.3) is 11.7 Å². The van der Waals surface area contributed by atoms with E-state index in [1.54, 1.807) is 43.3 Å². The highest BCUT2D eigenvalue weighted by atomic mass is 19.1. The van der Waals surface area contributed by atoms with E-state index < -0.39 is 23.5 Å². The molecule has 4 rings (SSSR count). The van der Waals surface area contributed by atoms with Crippen molar-refractivity contribution < 1.29 is 28.2 Å². The Bertz CT molecular complexity index is 1310. The molecule has 6 nitrogen and oxygen atoms in total. The first-order valence-electron chi connectivity index (χ1n) is 11.3. The molecule has 1 amide bonds. The molecule has 0 saturated carbocycles. The number of carbonyl (C=O) groups is 2. The fourth-order valence-electron chi connectivity index (χ4n) is 4.23. The zero-order chi connectivity index (χ0) is 25.5. The zero-order valence-electron chi connectivity index (χ0n) is 20.4. The van der Waals surface area contributed by atoms with Crippen LogP contribution in [-0.2, 0) is 21.5 Å². The minimum absolute atomic E-state index is 0.0329. The van der Waals surface area contributed by atoms with Gasteiger partial charge in [0, 0.05) is 6.54 Å². The van der Waals surface area contributed by atoms with Crippen LogP contribution in [0.2, 0.25) is 0 Å². The number of furan rings is 1. The Morgan fingerprint density at radius 2 is 1.77 bits per heavy atom. The lowest BCUT2D eigenvalue weighted by atomic mass is 9.85. The number of methoxy groups -OCH3 is 1. The molecule has 1 saturated heterocycles. The van der Waals surface area contributed by atoms with Crippen LogP contribution in [0.3, 0.4) is 0 Å². The topological polar surface area (TPSA) is 80.0 Å². The quantitative estimate of drug-likeness (QED) is 0.292. The number of nitrogens with zero attached hydrogens (tertiary/aromatic N) is 1. The van der Waals surface area contributed by atoms with Gasteiger partial charge < -0.3 is 19.2 Å². The number of carbonyl (C=O) groups excluding carboxylic acids is 2. The van der Waals surface area contributed by atoms with E-state index in [4.69, 9.17) is 9.15 Å². The lowest BCUT2D eigenvalue weighted by Crippen LogP contribution is -2.29. The van der Waals surface area contributed by atoms with Gasteiger partial charge in [0.15, 0.2) is 0 Å². The van der Waals surface area contributed by atoms with Gasteiger partial charge >= 0.3 is 0 Å². The van der Waals surface area contributed by atoms with E-state index >= 15 is 0 Å². The number of halogens is 1. The largest absolute Gasteiger partial charge is 0.507 e. The van der Waals surface area contributed by atoms with Gasteiger partial charge in [0.1, 0.15) is 34.9 Å². The molecule has 1 atom stereocenters. The highest BCUT2D eigenvalue weighted by Gasteiger charge is 2.47. The molecule has 1 aromatic heterocycles. The van der Waals surface area contributed by atoms with Crippen molar-refractivity contribution >= 4 is 17.4 Å². The van der Waals surface area contributed by atoms with Crippen molar-refractivity contribution in [3.05, 3.63) is 94.2 Å². The lowest BCUT2D eigenvalue weighted by Gasteiger charge is -2.24. The molecule has 2 heterocycles. The van der Waals surface area contributed by atoms with Crippen LogP contribution in [0.5, 0.6) is 5.75 Å². The molecular formula is C28H28FNO5. The van der Waals surface area contributed by atoms with E-state index in [2.05, 4.69) is 0 Å². The minimum atomic E-state index is -0.961. The summed E-state index contributed by atoms with van der Waals surface area (Å²) in [5, 5.41) is 11.5. The minimum Gasteiger partial charge on any atom is -0.507 e. The van der Waals surface area contributed by atoms with Gasteiger partial charge in [-0.2, -0.15) is 0 Å². The first-order valence-corrected chi connectivity index (χ1v) is 11.3. The Balaban J connectivity index is 1.90. The van der Waals surface area contributed by atoms with E-state index in [0.717, 1.165) is 5.56 Å². The van der Waals surface area contributed by atoms with Crippen molar-refractivity contribution in [2.24, 2.45) is 0 Å². The number of aliphatic hydroxyl groups excluding tert-OH is 1. The summed E-state index contributed by atoms with van der Waals surface area (Å²) in [6, 6.07) is 13.5. The maximum Gasteiger partial charge on any atom is 0.296 e. The lowest BCUT2D eigenvalue weighted by molar-refractivity contribution is -0.140. The van der Waals surface area contributed by atoms with E-state index in [-0.39, 0.29) is 23.3 Å². The van der Waals surface area contributed by atoms with Crippen molar-refractivity contribution in [3.63, 3.8) is 0 Å². The molecule has 0 aliphatic carbocycles. The van der Waals surface area contributed by atoms with Gasteiger partial charge in [-0.05, 0) is 59.9 Å². The zero-order valence-corrected chi connectivity index (χ0v) is 20.4. The van der Waals surface area contributed by atoms with Gasteiger partial charge in [-0.1, -0.05) is 39.0 Å². The number of aryl methyl sites for hydroxylation is 1. The molecule has 1 aliphatic heterocycles. The molecular weight excluding hydrogens is 449 g/mol. The van der Waals surface area contributed by atoms with E-state index in [9.17, 15) is 19.1 Å². The van der Waals surface area contributed by atoms with E-state index in [0.29, 0.717) is 28.4 Å². The normalized spacial score (nSPS) is 17.8. The van der Waals surface area contributed by atoms with Crippen LogP contribution >= 0.6 is 0 Å². The molecule has 182 valence electrons. The number of likely N-dealkylation sites (tertiary alicyclic amines) is 1. The number of ether oxygens (including phenoxy) is 1. The van der Waals surface area contributed by atoms with Crippen LogP contribution < -0.4 is 4.74 Å². The van der Waals surface area contributed by atoms with Crippen LogP contribution in [0.1, 0.15) is 55.0 Å². The number of amides is 1. The Labute approximate surface area is 203 Å². The number of hydrogen-bond donors (Lipinski definition) is 1. The van der Waals surface area contributed by atoms with Crippen molar-refractivity contribution in [1.82, 2.24) is 4.90 Å². The fraction of sp³-hybridized carbons (Fsp3) is 0.286. The summed E-state index contributed by atoms with van der Waals surface area (Å²) in [6.45, 7) is 7.89. The molecule has 1 fully saturated rings. The summed E-state index contributed by atoms with van der Waals surface area (Å²) >= 11 is 0. The Morgan fingerprint density at radius 3 is 2.34 bits per heavy atom. The Morgan fingerprint density at radius 1 is 1.09 bits per heavy atom. The second-order valence-corrected chi connectivity index (χ2v) is 9.67. The number of ketones is 1. The third-order valence-electron chi connectivity index (χ3n) is 6.16. The number of benzene rings is 2. The second-order valence-electron chi connectivity index (χ2n) is 9.67. The third kappa shape index (κ3) is 4.58. The molecule has 7 heteroatoms. The molecule has 1 aliphatic rings. The van der Waals surface area contributed by atoms with E-state index in [1.807, 2.05) is 26.8 Å². The molecule has 1 unspecified atom stereocenters. The van der Waals surface area contributed by atoms with Crippen LogP contribution in [0.15, 0.2) is 64.6 Å². The molecule has 35 heavy (non-hydrogen) atoms. The first kappa shape index (κ1) is 24.3. The van der Waals surface area contributed by atoms with Gasteiger partial charge in [0.2, 0.25) is 0 Å². The smallest absolute Gasteiger partial charge is 0.296 e. The van der Waals surface area contributed by atoms with Gasteiger partial charge in [-0.25, -0.2) is 4.39 Å². The summed E-state index contributed by atoms with van der Waals surface area (Å²) in [5.41, 5.74) is 1.55. The maximum atomic E-state index is 13.4. The molecule has 0 spiro atoms. The molecule has 0 bridgehead atoms. The molecule has 3 aromatic rings. The Hall–Kier alpha value is -3.87. The van der Waals surface area contributed by atoms with Crippen molar-refractivity contribution in [3.8, 4) is 5.75 Å². The number of Topliss-reactive ketones (excluding diaryl/α,β-unsaturated/α-hetero) is 1. The first-order chi connectivity index (χ1) is 16.5. The average Bonchev–Trinajstić information content (AvgIpc) is 3.35. The highest BCUT2D eigenvalue weighted by molar-refractivity contribution is 6.46.